The van der Waals surface area contributed by atoms with Crippen LogP contribution in [0.4, 0.5) is 0 Å². The number of halogens is 1. The second-order valence-electron chi connectivity index (χ2n) is 10.1. The van der Waals surface area contributed by atoms with Gasteiger partial charge in [0.25, 0.3) is 0 Å². The van der Waals surface area contributed by atoms with Crippen molar-refractivity contribution in [3.63, 3.8) is 0 Å². The summed E-state index contributed by atoms with van der Waals surface area (Å²) in [7, 11) is 2.01. The zero-order valence-electron chi connectivity index (χ0n) is 21.6. The van der Waals surface area contributed by atoms with E-state index >= 15 is 0 Å². The Kier molecular flexibility index (Phi) is 8.73. The lowest BCUT2D eigenvalue weighted by Gasteiger charge is -2.22. The molecule has 2 saturated carbocycles. The number of benzene rings is 2. The maximum atomic E-state index is 6.62. The van der Waals surface area contributed by atoms with Crippen LogP contribution in [0.2, 0.25) is 5.02 Å². The first-order chi connectivity index (χ1) is 18.1. The molecule has 2 aliphatic carbocycles. The van der Waals surface area contributed by atoms with Crippen LogP contribution in [-0.4, -0.2) is 30.7 Å². The van der Waals surface area contributed by atoms with E-state index in [2.05, 4.69) is 58.3 Å². The van der Waals surface area contributed by atoms with Crippen molar-refractivity contribution in [3.05, 3.63) is 77.1 Å². The van der Waals surface area contributed by atoms with Crippen molar-refractivity contribution in [2.45, 2.75) is 74.7 Å². The van der Waals surface area contributed by atoms with Crippen LogP contribution in [0.1, 0.15) is 56.6 Å². The van der Waals surface area contributed by atoms with Crippen molar-refractivity contribution in [1.29, 1.82) is 0 Å². The monoisotopic (exact) mass is 537 g/mol. The summed E-state index contributed by atoms with van der Waals surface area (Å²) in [5.74, 6) is 0.939. The van der Waals surface area contributed by atoms with Crippen LogP contribution in [0, 0.1) is 0 Å². The van der Waals surface area contributed by atoms with E-state index in [-0.39, 0.29) is 5.60 Å². The van der Waals surface area contributed by atoms with Crippen LogP contribution >= 0.6 is 23.5 Å². The molecule has 1 atom stereocenters. The van der Waals surface area contributed by atoms with Gasteiger partial charge in [0.2, 0.25) is 0 Å². The summed E-state index contributed by atoms with van der Waals surface area (Å²) in [5, 5.41) is 4.02. The molecule has 2 N–H and O–H groups in total. The molecule has 5 nitrogen and oxygen atoms in total. The van der Waals surface area contributed by atoms with E-state index < -0.39 is 0 Å². The number of rotatable bonds is 14. The second-order valence-corrected chi connectivity index (χ2v) is 11.5. The summed E-state index contributed by atoms with van der Waals surface area (Å²) in [6.07, 6.45) is 10.6. The lowest BCUT2D eigenvalue weighted by molar-refractivity contribution is 0.0173. The highest BCUT2D eigenvalue weighted by molar-refractivity contribution is 7.97. The third kappa shape index (κ3) is 6.87. The molecular formula is C30H36ClN3O2S. The number of aromatic nitrogens is 1. The van der Waals surface area contributed by atoms with Gasteiger partial charge in [0.05, 0.1) is 18.3 Å². The highest BCUT2D eigenvalue weighted by Crippen LogP contribution is 2.53. The molecule has 0 radical (unpaired) electrons. The van der Waals surface area contributed by atoms with E-state index in [9.17, 15) is 0 Å². The number of ether oxygens (including phenoxy) is 2. The molecule has 2 fully saturated rings. The van der Waals surface area contributed by atoms with Crippen molar-refractivity contribution in [1.82, 2.24) is 15.0 Å². The minimum absolute atomic E-state index is 0.342. The Labute approximate surface area is 229 Å². The number of hydrogen-bond acceptors (Lipinski definition) is 6. The Morgan fingerprint density at radius 3 is 2.76 bits per heavy atom. The highest BCUT2D eigenvalue weighted by atomic mass is 35.5. The average molecular weight is 538 g/mol. The number of hydrogen-bond donors (Lipinski definition) is 2. The Morgan fingerprint density at radius 2 is 1.97 bits per heavy atom. The van der Waals surface area contributed by atoms with Crippen LogP contribution in [0.15, 0.2) is 65.8 Å². The molecule has 2 aromatic carbocycles. The van der Waals surface area contributed by atoms with Crippen LogP contribution in [0.25, 0.3) is 11.1 Å². The third-order valence-electron chi connectivity index (χ3n) is 7.13. The maximum absolute atomic E-state index is 6.62. The topological polar surface area (TPSA) is 55.4 Å². The fourth-order valence-electron chi connectivity index (χ4n) is 4.45. The first-order valence-corrected chi connectivity index (χ1v) is 14.5. The first kappa shape index (κ1) is 26.5. The van der Waals surface area contributed by atoms with E-state index in [0.717, 1.165) is 83.0 Å². The minimum Gasteiger partial charge on any atom is -0.490 e. The molecule has 0 aliphatic heterocycles. The van der Waals surface area contributed by atoms with Gasteiger partial charge in [-0.25, -0.2) is 0 Å². The van der Waals surface area contributed by atoms with Crippen LogP contribution in [0.3, 0.4) is 0 Å². The molecule has 7 heteroatoms. The number of nitrogens with zero attached hydrogens (tertiary/aromatic N) is 1. The first-order valence-electron chi connectivity index (χ1n) is 13.3. The Morgan fingerprint density at radius 1 is 1.14 bits per heavy atom. The summed E-state index contributed by atoms with van der Waals surface area (Å²) in [6.45, 7) is 3.63. The largest absolute Gasteiger partial charge is 0.490 e. The molecule has 1 unspecified atom stereocenters. The molecule has 0 spiro atoms. The Bertz CT molecular complexity index is 1200. The van der Waals surface area contributed by atoms with Crippen molar-refractivity contribution < 1.29 is 9.47 Å². The van der Waals surface area contributed by atoms with Gasteiger partial charge in [-0.1, -0.05) is 29.8 Å². The fraction of sp³-hybridized carbons (Fsp3) is 0.433. The normalized spacial score (nSPS) is 16.9. The number of nitrogens with one attached hydrogen (secondary N) is 2. The van der Waals surface area contributed by atoms with E-state index in [4.69, 9.17) is 21.1 Å². The van der Waals surface area contributed by atoms with E-state index in [1.807, 2.05) is 31.6 Å². The lowest BCUT2D eigenvalue weighted by Crippen LogP contribution is -2.22. The van der Waals surface area contributed by atoms with Gasteiger partial charge in [-0.3, -0.25) is 9.71 Å². The maximum Gasteiger partial charge on any atom is 0.127 e. The zero-order chi connectivity index (χ0) is 25.7. The van der Waals surface area contributed by atoms with E-state index in [0.29, 0.717) is 18.8 Å². The van der Waals surface area contributed by atoms with Gasteiger partial charge in [-0.15, -0.1) is 0 Å². The van der Waals surface area contributed by atoms with Gasteiger partial charge in [0.15, 0.2) is 0 Å². The molecule has 37 heavy (non-hydrogen) atoms. The highest BCUT2D eigenvalue weighted by Gasteiger charge is 2.47. The molecule has 0 saturated heterocycles. The zero-order valence-corrected chi connectivity index (χ0v) is 23.2. The molecule has 0 bridgehead atoms. The SMILES string of the molecule is CNC(C)CCCNSc1ccc(Cl)c(COC2(c3cnccc3-c3ccccc3OC3CC3)CC2)c1. The van der Waals surface area contributed by atoms with Crippen molar-refractivity contribution >= 4 is 23.5 Å². The summed E-state index contributed by atoms with van der Waals surface area (Å²) < 4.78 is 16.3. The average Bonchev–Trinajstić information content (AvgIpc) is 3.86. The summed E-state index contributed by atoms with van der Waals surface area (Å²) in [4.78, 5) is 5.61. The molecule has 0 amide bonds. The van der Waals surface area contributed by atoms with Gasteiger partial charge >= 0.3 is 0 Å². The summed E-state index contributed by atoms with van der Waals surface area (Å²) in [6, 6.07) is 17.1. The van der Waals surface area contributed by atoms with Gasteiger partial charge in [-0.2, -0.15) is 0 Å². The molecule has 5 rings (SSSR count). The van der Waals surface area contributed by atoms with Crippen molar-refractivity contribution in [2.24, 2.45) is 0 Å². The smallest absolute Gasteiger partial charge is 0.127 e. The second kappa shape index (κ2) is 12.2. The van der Waals surface area contributed by atoms with E-state index in [1.54, 1.807) is 11.9 Å². The van der Waals surface area contributed by atoms with Crippen LogP contribution in [-0.2, 0) is 16.9 Å². The van der Waals surface area contributed by atoms with Gasteiger partial charge in [0.1, 0.15) is 5.75 Å². The third-order valence-corrected chi connectivity index (χ3v) is 8.34. The van der Waals surface area contributed by atoms with Crippen molar-refractivity contribution in [3.8, 4) is 16.9 Å². The fourth-order valence-corrected chi connectivity index (χ4v) is 5.38. The van der Waals surface area contributed by atoms with Gasteiger partial charge in [-0.05, 0) is 106 Å². The Hall–Kier alpha value is -2.09. The van der Waals surface area contributed by atoms with Crippen LogP contribution < -0.4 is 14.8 Å². The number of pyridine rings is 1. The standard InChI is InChI=1S/C30H36ClN3O2S/c1-21(32-2)6-5-16-34-37-24-11-12-28(31)22(18-24)20-35-30(14-15-30)27-19-33-17-13-25(27)26-7-3-4-8-29(26)36-23-9-10-23/h3-4,7-8,11-13,17-19,21,23,32,34H,5-6,9-10,14-16,20H2,1-2H3. The Balaban J connectivity index is 1.26. The minimum atomic E-state index is -0.342. The molecular weight excluding hydrogens is 502 g/mol. The molecule has 2 aliphatic rings. The van der Waals surface area contributed by atoms with Crippen molar-refractivity contribution in [2.75, 3.05) is 13.6 Å². The quantitative estimate of drug-likeness (QED) is 0.168. The van der Waals surface area contributed by atoms with Gasteiger partial charge in [0, 0.05) is 46.0 Å². The molecule has 196 valence electrons. The van der Waals surface area contributed by atoms with Gasteiger partial charge < -0.3 is 14.8 Å². The number of para-hydroxylation sites is 1. The molecule has 3 aromatic rings. The van der Waals surface area contributed by atoms with Crippen LogP contribution in [0.5, 0.6) is 5.75 Å². The lowest BCUT2D eigenvalue weighted by atomic mass is 9.96. The predicted molar refractivity (Wildman–Crippen MR) is 152 cm³/mol. The predicted octanol–water partition coefficient (Wildman–Crippen LogP) is 7.13. The summed E-state index contributed by atoms with van der Waals surface area (Å²) >= 11 is 8.23. The molecule has 1 aromatic heterocycles. The van der Waals surface area contributed by atoms with E-state index in [1.165, 1.54) is 0 Å². The summed E-state index contributed by atoms with van der Waals surface area (Å²) in [5.41, 5.74) is 4.03. The molecule has 1 heterocycles.